The maximum Gasteiger partial charge on any atom is 0.242 e. The zero-order chi connectivity index (χ0) is 15.7. The van der Waals surface area contributed by atoms with E-state index in [1.165, 1.54) is 18.5 Å². The van der Waals surface area contributed by atoms with E-state index in [9.17, 15) is 8.42 Å². The highest BCUT2D eigenvalue weighted by molar-refractivity contribution is 7.89. The number of sulfonamides is 1. The van der Waals surface area contributed by atoms with E-state index in [-0.39, 0.29) is 17.5 Å². The number of rotatable bonds is 7. The van der Waals surface area contributed by atoms with Crippen LogP contribution in [0.15, 0.2) is 23.4 Å². The van der Waals surface area contributed by atoms with Crippen molar-refractivity contribution in [3.8, 4) is 11.8 Å². The molecule has 1 atom stereocenters. The summed E-state index contributed by atoms with van der Waals surface area (Å²) in [7, 11) is -3.58. The van der Waals surface area contributed by atoms with Gasteiger partial charge in [-0.2, -0.15) is 0 Å². The highest BCUT2D eigenvalue weighted by Gasteiger charge is 2.19. The van der Waals surface area contributed by atoms with E-state index in [1.807, 2.05) is 13.8 Å². The smallest absolute Gasteiger partial charge is 0.242 e. The van der Waals surface area contributed by atoms with Crippen LogP contribution in [0.4, 0.5) is 0 Å². The molecule has 0 aromatic carbocycles. The molecule has 0 fully saturated rings. The topological polar surface area (TPSA) is 79.3 Å². The van der Waals surface area contributed by atoms with Crippen LogP contribution < -0.4 is 4.72 Å². The molecular weight excluding hydrogens is 288 g/mol. The average Bonchev–Trinajstić information content (AvgIpc) is 2.47. The monoisotopic (exact) mass is 310 g/mol. The predicted octanol–water partition coefficient (Wildman–Crippen LogP) is 1.67. The van der Waals surface area contributed by atoms with Crippen molar-refractivity contribution < 1.29 is 13.5 Å². The quantitative estimate of drug-likeness (QED) is 0.751. The van der Waals surface area contributed by atoms with Crippen LogP contribution in [0, 0.1) is 11.8 Å². The molecule has 0 bridgehead atoms. The molecule has 1 aromatic rings. The summed E-state index contributed by atoms with van der Waals surface area (Å²) in [5, 5.41) is 8.68. The fourth-order valence-electron chi connectivity index (χ4n) is 1.84. The summed E-state index contributed by atoms with van der Waals surface area (Å²) < 4.78 is 27.3. The molecular formula is C15H22N2O3S. The van der Waals surface area contributed by atoms with E-state index in [1.54, 1.807) is 0 Å². The number of hydrogen-bond acceptors (Lipinski definition) is 4. The Morgan fingerprint density at radius 3 is 2.76 bits per heavy atom. The number of aromatic nitrogens is 1. The molecule has 1 aromatic heterocycles. The molecule has 0 saturated carbocycles. The summed E-state index contributed by atoms with van der Waals surface area (Å²) in [6, 6.07) is 1.43. The van der Waals surface area contributed by atoms with Gasteiger partial charge in [-0.1, -0.05) is 32.1 Å². The number of hydrogen-bond donors (Lipinski definition) is 2. The molecule has 0 amide bonds. The lowest BCUT2D eigenvalue weighted by Crippen LogP contribution is -2.34. The minimum Gasteiger partial charge on any atom is -0.395 e. The van der Waals surface area contributed by atoms with Gasteiger partial charge in [-0.3, -0.25) is 4.98 Å². The SMILES string of the molecule is CCCC(CC)NS(=O)(=O)c1cncc(C#CCCO)c1. The first-order chi connectivity index (χ1) is 10.0. The van der Waals surface area contributed by atoms with Crippen LogP contribution in [-0.4, -0.2) is 31.2 Å². The Bertz CT molecular complexity index is 603. The molecule has 0 saturated heterocycles. The lowest BCUT2D eigenvalue weighted by atomic mass is 10.1. The van der Waals surface area contributed by atoms with E-state index in [2.05, 4.69) is 21.5 Å². The fourth-order valence-corrected chi connectivity index (χ4v) is 3.18. The molecule has 0 spiro atoms. The molecule has 0 aliphatic rings. The Labute approximate surface area is 126 Å². The highest BCUT2D eigenvalue weighted by atomic mass is 32.2. The van der Waals surface area contributed by atoms with Crippen LogP contribution in [0.3, 0.4) is 0 Å². The van der Waals surface area contributed by atoms with Gasteiger partial charge in [-0.15, -0.1) is 0 Å². The first kappa shape index (κ1) is 17.6. The molecule has 5 nitrogen and oxygen atoms in total. The normalized spacial score (nSPS) is 12.5. The number of aliphatic hydroxyl groups is 1. The molecule has 6 heteroatoms. The van der Waals surface area contributed by atoms with Crippen molar-refractivity contribution in [2.45, 2.75) is 50.5 Å². The van der Waals surface area contributed by atoms with Crippen LogP contribution in [0.1, 0.15) is 45.1 Å². The molecule has 0 aliphatic heterocycles. The molecule has 21 heavy (non-hydrogen) atoms. The van der Waals surface area contributed by atoms with Crippen molar-refractivity contribution in [3.63, 3.8) is 0 Å². The summed E-state index contributed by atoms with van der Waals surface area (Å²) in [6.45, 7) is 3.96. The largest absolute Gasteiger partial charge is 0.395 e. The van der Waals surface area contributed by atoms with Crippen LogP contribution in [0.2, 0.25) is 0 Å². The fraction of sp³-hybridized carbons (Fsp3) is 0.533. The first-order valence-corrected chi connectivity index (χ1v) is 8.59. The second kappa shape index (κ2) is 8.78. The third kappa shape index (κ3) is 5.84. The van der Waals surface area contributed by atoms with E-state index >= 15 is 0 Å². The van der Waals surface area contributed by atoms with Gasteiger partial charge < -0.3 is 5.11 Å². The van der Waals surface area contributed by atoms with Gasteiger partial charge in [0.1, 0.15) is 4.90 Å². The zero-order valence-corrected chi connectivity index (χ0v) is 13.3. The molecule has 1 rings (SSSR count). The first-order valence-electron chi connectivity index (χ1n) is 7.10. The highest BCUT2D eigenvalue weighted by Crippen LogP contribution is 2.12. The van der Waals surface area contributed by atoms with E-state index in [0.717, 1.165) is 19.3 Å². The lowest BCUT2D eigenvalue weighted by molar-refractivity contribution is 0.305. The number of nitrogens with zero attached hydrogens (tertiary/aromatic N) is 1. The Morgan fingerprint density at radius 1 is 1.38 bits per heavy atom. The van der Waals surface area contributed by atoms with Gasteiger partial charge in [-0.25, -0.2) is 13.1 Å². The maximum atomic E-state index is 12.3. The standard InChI is InChI=1S/C15H22N2O3S/c1-3-7-14(4-2)17-21(19,20)15-10-13(11-16-12-15)8-5-6-9-18/h10-12,14,17-18H,3-4,6-7,9H2,1-2H3. The summed E-state index contributed by atoms with van der Waals surface area (Å²) in [5.74, 6) is 5.53. The van der Waals surface area contributed by atoms with Gasteiger partial charge in [0.05, 0.1) is 6.61 Å². The van der Waals surface area contributed by atoms with E-state index in [4.69, 9.17) is 5.11 Å². The summed E-state index contributed by atoms with van der Waals surface area (Å²) in [6.07, 6.45) is 5.65. The van der Waals surface area contributed by atoms with Crippen LogP contribution >= 0.6 is 0 Å². The van der Waals surface area contributed by atoms with Crippen molar-refractivity contribution in [2.75, 3.05) is 6.61 Å². The minimum absolute atomic E-state index is 0.0187. The zero-order valence-electron chi connectivity index (χ0n) is 12.5. The average molecular weight is 310 g/mol. The number of aliphatic hydroxyl groups excluding tert-OH is 1. The summed E-state index contributed by atoms with van der Waals surface area (Å²) in [5.41, 5.74) is 0.523. The van der Waals surface area contributed by atoms with Crippen LogP contribution in [0.25, 0.3) is 0 Å². The molecule has 0 radical (unpaired) electrons. The van der Waals surface area contributed by atoms with Crippen molar-refractivity contribution >= 4 is 10.0 Å². The lowest BCUT2D eigenvalue weighted by Gasteiger charge is -2.16. The predicted molar refractivity (Wildman–Crippen MR) is 82.1 cm³/mol. The van der Waals surface area contributed by atoms with Gasteiger partial charge in [0.15, 0.2) is 0 Å². The molecule has 116 valence electrons. The Morgan fingerprint density at radius 2 is 2.14 bits per heavy atom. The van der Waals surface area contributed by atoms with Gasteiger partial charge in [0.25, 0.3) is 0 Å². The van der Waals surface area contributed by atoms with Crippen molar-refractivity contribution in [2.24, 2.45) is 0 Å². The Hall–Kier alpha value is -1.42. The molecule has 1 heterocycles. The molecule has 1 unspecified atom stereocenters. The summed E-state index contributed by atoms with van der Waals surface area (Å²) >= 11 is 0. The number of nitrogens with one attached hydrogen (secondary N) is 1. The maximum absolute atomic E-state index is 12.3. The molecule has 0 aliphatic carbocycles. The van der Waals surface area contributed by atoms with Crippen LogP contribution in [-0.2, 0) is 10.0 Å². The van der Waals surface area contributed by atoms with Crippen molar-refractivity contribution in [3.05, 3.63) is 24.0 Å². The van der Waals surface area contributed by atoms with E-state index < -0.39 is 10.0 Å². The molecule has 2 N–H and O–H groups in total. The van der Waals surface area contributed by atoms with Gasteiger partial charge >= 0.3 is 0 Å². The van der Waals surface area contributed by atoms with Gasteiger partial charge in [-0.05, 0) is 18.9 Å². The minimum atomic E-state index is -3.58. The van der Waals surface area contributed by atoms with Gasteiger partial charge in [0.2, 0.25) is 10.0 Å². The second-order valence-electron chi connectivity index (χ2n) is 4.70. The van der Waals surface area contributed by atoms with E-state index in [0.29, 0.717) is 12.0 Å². The van der Waals surface area contributed by atoms with Crippen molar-refractivity contribution in [1.29, 1.82) is 0 Å². The Kier molecular flexibility index (Phi) is 7.37. The summed E-state index contributed by atoms with van der Waals surface area (Å²) in [4.78, 5) is 4.04. The second-order valence-corrected chi connectivity index (χ2v) is 6.41. The number of pyridine rings is 1. The third-order valence-electron chi connectivity index (χ3n) is 2.94. The van der Waals surface area contributed by atoms with Crippen molar-refractivity contribution in [1.82, 2.24) is 9.71 Å². The van der Waals surface area contributed by atoms with Gasteiger partial charge in [0, 0.05) is 30.4 Å². The Balaban J connectivity index is 2.93. The van der Waals surface area contributed by atoms with Crippen LogP contribution in [0.5, 0.6) is 0 Å². The third-order valence-corrected chi connectivity index (χ3v) is 4.43.